The van der Waals surface area contributed by atoms with Gasteiger partial charge < -0.3 is 9.94 Å². The van der Waals surface area contributed by atoms with E-state index in [9.17, 15) is 0 Å². The topological polar surface area (TPSA) is 41.8 Å². The maximum absolute atomic E-state index is 8.85. The largest absolute Gasteiger partial charge is 0.411 e. The quantitative estimate of drug-likeness (QED) is 0.408. The molecule has 0 aliphatic carbocycles. The number of nitrogens with zero attached hydrogens (tertiary/aromatic N) is 1. The third-order valence-electron chi connectivity index (χ3n) is 2.75. The first-order valence-electron chi connectivity index (χ1n) is 4.75. The van der Waals surface area contributed by atoms with E-state index < -0.39 is 0 Å². The second-order valence-electron chi connectivity index (χ2n) is 4.06. The van der Waals surface area contributed by atoms with Crippen LogP contribution in [-0.2, 0) is 4.74 Å². The highest BCUT2D eigenvalue weighted by molar-refractivity contribution is 5.90. The summed E-state index contributed by atoms with van der Waals surface area (Å²) >= 11 is 0. The molecule has 0 rings (SSSR count). The molecule has 0 bridgehead atoms. The number of oxime groups is 1. The molecule has 0 aliphatic rings. The van der Waals surface area contributed by atoms with Crippen LogP contribution in [0.2, 0.25) is 0 Å². The molecule has 0 aliphatic heterocycles. The van der Waals surface area contributed by atoms with Crippen LogP contribution in [-0.4, -0.2) is 24.1 Å². The SMILES string of the molecule is CCOC/C(=N\O)C(C)(C)C(C)C. The van der Waals surface area contributed by atoms with Crippen molar-refractivity contribution in [1.82, 2.24) is 0 Å². The van der Waals surface area contributed by atoms with E-state index in [0.29, 0.717) is 24.8 Å². The minimum absolute atomic E-state index is 0.107. The minimum atomic E-state index is -0.107. The van der Waals surface area contributed by atoms with E-state index in [1.165, 1.54) is 0 Å². The highest BCUT2D eigenvalue weighted by Gasteiger charge is 2.29. The summed E-state index contributed by atoms with van der Waals surface area (Å²) in [4.78, 5) is 0. The van der Waals surface area contributed by atoms with Crippen LogP contribution in [0.15, 0.2) is 5.16 Å². The lowest BCUT2D eigenvalue weighted by atomic mass is 9.77. The van der Waals surface area contributed by atoms with Crippen LogP contribution in [0.4, 0.5) is 0 Å². The molecule has 1 N–H and O–H groups in total. The van der Waals surface area contributed by atoms with Crippen molar-refractivity contribution in [3.63, 3.8) is 0 Å². The molecule has 3 heteroatoms. The average molecular weight is 187 g/mol. The highest BCUT2D eigenvalue weighted by atomic mass is 16.5. The molecular weight excluding hydrogens is 166 g/mol. The van der Waals surface area contributed by atoms with Crippen molar-refractivity contribution in [1.29, 1.82) is 0 Å². The lowest BCUT2D eigenvalue weighted by molar-refractivity contribution is 0.170. The second-order valence-corrected chi connectivity index (χ2v) is 4.06. The molecule has 0 aromatic heterocycles. The zero-order chi connectivity index (χ0) is 10.5. The molecule has 0 spiro atoms. The molecule has 0 aromatic rings. The zero-order valence-electron chi connectivity index (χ0n) is 9.29. The van der Waals surface area contributed by atoms with E-state index >= 15 is 0 Å². The van der Waals surface area contributed by atoms with Gasteiger partial charge in [-0.05, 0) is 12.8 Å². The Morgan fingerprint density at radius 3 is 2.31 bits per heavy atom. The van der Waals surface area contributed by atoms with Crippen molar-refractivity contribution in [3.8, 4) is 0 Å². The van der Waals surface area contributed by atoms with Crippen molar-refractivity contribution in [2.45, 2.75) is 34.6 Å². The van der Waals surface area contributed by atoms with Crippen molar-refractivity contribution >= 4 is 5.71 Å². The van der Waals surface area contributed by atoms with E-state index in [0.717, 1.165) is 0 Å². The predicted octanol–water partition coefficient (Wildman–Crippen LogP) is 2.54. The molecule has 0 aromatic carbocycles. The predicted molar refractivity (Wildman–Crippen MR) is 54.3 cm³/mol. The van der Waals surface area contributed by atoms with E-state index in [4.69, 9.17) is 9.94 Å². The molecule has 0 atom stereocenters. The average Bonchev–Trinajstić information content (AvgIpc) is 2.05. The van der Waals surface area contributed by atoms with Crippen molar-refractivity contribution in [2.75, 3.05) is 13.2 Å². The monoisotopic (exact) mass is 187 g/mol. The van der Waals surface area contributed by atoms with Gasteiger partial charge in [-0.25, -0.2) is 0 Å². The van der Waals surface area contributed by atoms with Crippen LogP contribution < -0.4 is 0 Å². The van der Waals surface area contributed by atoms with Gasteiger partial charge in [-0.2, -0.15) is 0 Å². The minimum Gasteiger partial charge on any atom is -0.411 e. The normalized spacial score (nSPS) is 13.8. The maximum atomic E-state index is 8.85. The number of ether oxygens (including phenoxy) is 1. The van der Waals surface area contributed by atoms with Gasteiger partial charge in [-0.15, -0.1) is 0 Å². The molecule has 0 radical (unpaired) electrons. The summed E-state index contributed by atoms with van der Waals surface area (Å²) in [6, 6.07) is 0. The Bertz CT molecular complexity index is 174. The Balaban J connectivity index is 4.40. The highest BCUT2D eigenvalue weighted by Crippen LogP contribution is 2.28. The second kappa shape index (κ2) is 5.22. The van der Waals surface area contributed by atoms with Gasteiger partial charge in [0, 0.05) is 12.0 Å². The van der Waals surface area contributed by atoms with Gasteiger partial charge in [0.1, 0.15) is 0 Å². The Hall–Kier alpha value is -0.570. The van der Waals surface area contributed by atoms with Crippen LogP contribution in [0.1, 0.15) is 34.6 Å². The van der Waals surface area contributed by atoms with Gasteiger partial charge in [0.25, 0.3) is 0 Å². The summed E-state index contributed by atoms with van der Waals surface area (Å²) in [6.45, 7) is 11.3. The lowest BCUT2D eigenvalue weighted by Gasteiger charge is -2.29. The first-order valence-corrected chi connectivity index (χ1v) is 4.75. The summed E-state index contributed by atoms with van der Waals surface area (Å²) < 4.78 is 5.23. The number of rotatable bonds is 5. The molecule has 78 valence electrons. The van der Waals surface area contributed by atoms with Gasteiger partial charge in [0.2, 0.25) is 0 Å². The summed E-state index contributed by atoms with van der Waals surface area (Å²) in [6.07, 6.45) is 0. The third-order valence-corrected chi connectivity index (χ3v) is 2.75. The van der Waals surface area contributed by atoms with E-state index in [1.807, 2.05) is 6.92 Å². The summed E-state index contributed by atoms with van der Waals surface area (Å²) in [7, 11) is 0. The van der Waals surface area contributed by atoms with Crippen LogP contribution in [0, 0.1) is 11.3 Å². The summed E-state index contributed by atoms with van der Waals surface area (Å²) in [5, 5.41) is 12.2. The van der Waals surface area contributed by atoms with Gasteiger partial charge in [-0.3, -0.25) is 0 Å². The van der Waals surface area contributed by atoms with Crippen LogP contribution in [0.25, 0.3) is 0 Å². The first kappa shape index (κ1) is 12.4. The molecule has 0 saturated carbocycles. The van der Waals surface area contributed by atoms with E-state index in [2.05, 4.69) is 32.9 Å². The van der Waals surface area contributed by atoms with Gasteiger partial charge in [0.15, 0.2) is 0 Å². The van der Waals surface area contributed by atoms with E-state index in [-0.39, 0.29) is 5.41 Å². The van der Waals surface area contributed by atoms with Crippen LogP contribution in [0.3, 0.4) is 0 Å². The lowest BCUT2D eigenvalue weighted by Crippen LogP contribution is -2.33. The summed E-state index contributed by atoms with van der Waals surface area (Å²) in [5.41, 5.74) is 0.605. The molecular formula is C10H21NO2. The maximum Gasteiger partial charge on any atom is 0.0887 e. The Labute approximate surface area is 80.8 Å². The Kier molecular flexibility index (Phi) is 4.99. The number of hydrogen-bond acceptors (Lipinski definition) is 3. The van der Waals surface area contributed by atoms with Crippen LogP contribution >= 0.6 is 0 Å². The molecule has 3 nitrogen and oxygen atoms in total. The third kappa shape index (κ3) is 3.35. The summed E-state index contributed by atoms with van der Waals surface area (Å²) in [5.74, 6) is 0.429. The number of hydrogen-bond donors (Lipinski definition) is 1. The van der Waals surface area contributed by atoms with Crippen molar-refractivity contribution in [3.05, 3.63) is 0 Å². The Morgan fingerprint density at radius 1 is 1.46 bits per heavy atom. The molecule has 0 heterocycles. The molecule has 13 heavy (non-hydrogen) atoms. The fourth-order valence-electron chi connectivity index (χ4n) is 0.876. The smallest absolute Gasteiger partial charge is 0.0887 e. The standard InChI is InChI=1S/C10H21NO2/c1-6-13-7-9(11-12)10(4,5)8(2)3/h8,12H,6-7H2,1-5H3/b11-9+. The van der Waals surface area contributed by atoms with Crippen molar-refractivity contribution in [2.24, 2.45) is 16.5 Å². The Morgan fingerprint density at radius 2 is 2.00 bits per heavy atom. The van der Waals surface area contributed by atoms with Crippen molar-refractivity contribution < 1.29 is 9.94 Å². The fraction of sp³-hybridized carbons (Fsp3) is 0.900. The van der Waals surface area contributed by atoms with Crippen LogP contribution in [0.5, 0.6) is 0 Å². The van der Waals surface area contributed by atoms with Gasteiger partial charge in [0.05, 0.1) is 12.3 Å². The first-order chi connectivity index (χ1) is 5.96. The fourth-order valence-corrected chi connectivity index (χ4v) is 0.876. The zero-order valence-corrected chi connectivity index (χ0v) is 9.29. The molecule has 0 saturated heterocycles. The van der Waals surface area contributed by atoms with Gasteiger partial charge >= 0.3 is 0 Å². The van der Waals surface area contributed by atoms with E-state index in [1.54, 1.807) is 0 Å². The molecule has 0 unspecified atom stereocenters. The van der Waals surface area contributed by atoms with Gasteiger partial charge in [-0.1, -0.05) is 32.9 Å². The molecule has 0 fully saturated rings. The molecule has 0 amide bonds.